The van der Waals surface area contributed by atoms with Gasteiger partial charge in [-0.15, -0.1) is 0 Å². The SMILES string of the molecule is CN(C)CC1CCCC(Cc2ccccc2)C1(O)c1cc(Cl)cc(Cl)c1. The molecule has 2 aromatic rings. The summed E-state index contributed by atoms with van der Waals surface area (Å²) >= 11 is 12.6. The van der Waals surface area contributed by atoms with Gasteiger partial charge in [-0.1, -0.05) is 60.0 Å². The van der Waals surface area contributed by atoms with E-state index in [1.807, 2.05) is 18.2 Å². The number of halogens is 2. The number of benzene rings is 2. The molecule has 26 heavy (non-hydrogen) atoms. The van der Waals surface area contributed by atoms with Crippen molar-refractivity contribution in [3.8, 4) is 0 Å². The van der Waals surface area contributed by atoms with Crippen molar-refractivity contribution in [2.45, 2.75) is 31.3 Å². The summed E-state index contributed by atoms with van der Waals surface area (Å²) < 4.78 is 0. The third-order valence-electron chi connectivity index (χ3n) is 5.59. The van der Waals surface area contributed by atoms with E-state index in [2.05, 4.69) is 43.3 Å². The number of rotatable bonds is 5. The molecule has 0 bridgehead atoms. The molecule has 3 unspecified atom stereocenters. The van der Waals surface area contributed by atoms with Gasteiger partial charge in [-0.3, -0.25) is 0 Å². The highest BCUT2D eigenvalue weighted by Crippen LogP contribution is 2.48. The molecule has 2 aromatic carbocycles. The molecular weight excluding hydrogens is 365 g/mol. The lowest BCUT2D eigenvalue weighted by atomic mass is 9.63. The van der Waals surface area contributed by atoms with E-state index in [0.717, 1.165) is 37.8 Å². The molecular formula is C22H27Cl2NO. The maximum atomic E-state index is 12.1. The first-order valence-corrected chi connectivity index (χ1v) is 10.0. The smallest absolute Gasteiger partial charge is 0.0968 e. The van der Waals surface area contributed by atoms with Gasteiger partial charge in [0.1, 0.15) is 0 Å². The fraction of sp³-hybridized carbons (Fsp3) is 0.455. The summed E-state index contributed by atoms with van der Waals surface area (Å²) in [4.78, 5) is 2.16. The van der Waals surface area contributed by atoms with E-state index >= 15 is 0 Å². The second kappa shape index (κ2) is 8.31. The fourth-order valence-electron chi connectivity index (χ4n) is 4.47. The van der Waals surface area contributed by atoms with Crippen LogP contribution in [0.2, 0.25) is 10.0 Å². The lowest BCUT2D eigenvalue weighted by Crippen LogP contribution is -2.49. The molecule has 0 radical (unpaired) electrons. The first-order valence-electron chi connectivity index (χ1n) is 9.27. The van der Waals surface area contributed by atoms with Crippen LogP contribution in [0.5, 0.6) is 0 Å². The zero-order valence-electron chi connectivity index (χ0n) is 15.5. The first-order chi connectivity index (χ1) is 12.4. The fourth-order valence-corrected chi connectivity index (χ4v) is 4.99. The lowest BCUT2D eigenvalue weighted by Gasteiger charge is -2.47. The number of hydrogen-bond acceptors (Lipinski definition) is 2. The molecule has 2 nitrogen and oxygen atoms in total. The topological polar surface area (TPSA) is 23.5 Å². The Morgan fingerprint density at radius 1 is 1.00 bits per heavy atom. The minimum atomic E-state index is -0.938. The second-order valence-electron chi connectivity index (χ2n) is 7.76. The summed E-state index contributed by atoms with van der Waals surface area (Å²) in [5.41, 5.74) is 1.17. The Morgan fingerprint density at radius 3 is 2.23 bits per heavy atom. The van der Waals surface area contributed by atoms with E-state index < -0.39 is 5.60 Å². The number of hydrogen-bond donors (Lipinski definition) is 1. The average molecular weight is 392 g/mol. The third kappa shape index (κ3) is 4.26. The highest BCUT2D eigenvalue weighted by Gasteiger charge is 2.47. The number of nitrogens with zero attached hydrogens (tertiary/aromatic N) is 1. The van der Waals surface area contributed by atoms with Gasteiger partial charge in [0.2, 0.25) is 0 Å². The first kappa shape index (κ1) is 19.7. The van der Waals surface area contributed by atoms with Crippen molar-refractivity contribution in [1.82, 2.24) is 4.90 Å². The molecule has 1 aliphatic rings. The van der Waals surface area contributed by atoms with Gasteiger partial charge in [0.15, 0.2) is 0 Å². The average Bonchev–Trinajstić information content (AvgIpc) is 2.58. The van der Waals surface area contributed by atoms with Gasteiger partial charge in [0, 0.05) is 22.5 Å². The Bertz CT molecular complexity index is 714. The predicted octanol–water partition coefficient (Wildman–Crippen LogP) is 5.40. The van der Waals surface area contributed by atoms with E-state index in [-0.39, 0.29) is 11.8 Å². The van der Waals surface area contributed by atoms with Crippen LogP contribution in [0.4, 0.5) is 0 Å². The van der Waals surface area contributed by atoms with Crippen LogP contribution in [0.25, 0.3) is 0 Å². The van der Waals surface area contributed by atoms with Gasteiger partial charge in [-0.05, 0) is 68.6 Å². The zero-order chi connectivity index (χ0) is 18.7. The maximum absolute atomic E-state index is 12.1. The maximum Gasteiger partial charge on any atom is 0.0968 e. The molecule has 0 aliphatic heterocycles. The molecule has 1 N–H and O–H groups in total. The van der Waals surface area contributed by atoms with Crippen molar-refractivity contribution in [1.29, 1.82) is 0 Å². The van der Waals surface area contributed by atoms with Crippen molar-refractivity contribution >= 4 is 23.2 Å². The van der Waals surface area contributed by atoms with Gasteiger partial charge in [0.25, 0.3) is 0 Å². The van der Waals surface area contributed by atoms with E-state index in [1.165, 1.54) is 5.56 Å². The van der Waals surface area contributed by atoms with Crippen molar-refractivity contribution in [3.05, 3.63) is 69.7 Å². The quantitative estimate of drug-likeness (QED) is 0.736. The molecule has 1 aliphatic carbocycles. The Hall–Kier alpha value is -1.06. The van der Waals surface area contributed by atoms with Crippen molar-refractivity contribution < 1.29 is 5.11 Å². The normalized spacial score (nSPS) is 26.2. The second-order valence-corrected chi connectivity index (χ2v) is 8.63. The van der Waals surface area contributed by atoms with Crippen LogP contribution >= 0.6 is 23.2 Å². The third-order valence-corrected chi connectivity index (χ3v) is 6.02. The van der Waals surface area contributed by atoms with Crippen LogP contribution in [0.3, 0.4) is 0 Å². The van der Waals surface area contributed by atoms with Crippen molar-refractivity contribution in [3.63, 3.8) is 0 Å². The summed E-state index contributed by atoms with van der Waals surface area (Å²) in [6.45, 7) is 0.839. The monoisotopic (exact) mass is 391 g/mol. The molecule has 0 aromatic heterocycles. The van der Waals surface area contributed by atoms with Gasteiger partial charge >= 0.3 is 0 Å². The van der Waals surface area contributed by atoms with E-state index in [0.29, 0.717) is 10.0 Å². The van der Waals surface area contributed by atoms with Crippen LogP contribution in [-0.2, 0) is 12.0 Å². The van der Waals surface area contributed by atoms with Crippen molar-refractivity contribution in [2.75, 3.05) is 20.6 Å². The zero-order valence-corrected chi connectivity index (χ0v) is 17.0. The van der Waals surface area contributed by atoms with E-state index in [9.17, 15) is 5.11 Å². The Morgan fingerprint density at radius 2 is 1.62 bits per heavy atom. The molecule has 3 atom stereocenters. The van der Waals surface area contributed by atoms with E-state index in [1.54, 1.807) is 6.07 Å². The molecule has 0 heterocycles. The van der Waals surface area contributed by atoms with Crippen LogP contribution < -0.4 is 0 Å². The highest BCUT2D eigenvalue weighted by molar-refractivity contribution is 6.34. The van der Waals surface area contributed by atoms with Gasteiger partial charge < -0.3 is 10.0 Å². The van der Waals surface area contributed by atoms with Crippen LogP contribution in [0.1, 0.15) is 30.4 Å². The van der Waals surface area contributed by atoms with Crippen LogP contribution in [0.15, 0.2) is 48.5 Å². The standard InChI is InChI=1S/C22H27Cl2NO/c1-25(2)15-18-10-6-9-17(11-16-7-4-3-5-8-16)22(18,26)19-12-20(23)14-21(24)13-19/h3-5,7-8,12-14,17-18,26H,6,9-11,15H2,1-2H3. The molecule has 0 saturated heterocycles. The summed E-state index contributed by atoms with van der Waals surface area (Å²) in [6, 6.07) is 15.9. The van der Waals surface area contributed by atoms with Gasteiger partial charge in [-0.2, -0.15) is 0 Å². The minimum Gasteiger partial charge on any atom is -0.385 e. The Labute approximate surface area is 166 Å². The van der Waals surface area contributed by atoms with Gasteiger partial charge in [0.05, 0.1) is 5.60 Å². The largest absolute Gasteiger partial charge is 0.385 e. The molecule has 0 amide bonds. The van der Waals surface area contributed by atoms with Crippen LogP contribution in [-0.4, -0.2) is 30.6 Å². The summed E-state index contributed by atoms with van der Waals surface area (Å²) in [5, 5.41) is 13.2. The number of aliphatic hydroxyl groups is 1. The summed E-state index contributed by atoms with van der Waals surface area (Å²) in [6.07, 6.45) is 3.99. The Kier molecular flexibility index (Phi) is 6.29. The molecule has 4 heteroatoms. The minimum absolute atomic E-state index is 0.137. The molecule has 1 fully saturated rings. The van der Waals surface area contributed by atoms with Gasteiger partial charge in [-0.25, -0.2) is 0 Å². The molecule has 3 rings (SSSR count). The Balaban J connectivity index is 2.03. The summed E-state index contributed by atoms with van der Waals surface area (Å²) in [5.74, 6) is 0.285. The lowest BCUT2D eigenvalue weighted by molar-refractivity contribution is -0.107. The molecule has 0 spiro atoms. The predicted molar refractivity (Wildman–Crippen MR) is 110 cm³/mol. The molecule has 1 saturated carbocycles. The van der Waals surface area contributed by atoms with Crippen molar-refractivity contribution in [2.24, 2.45) is 11.8 Å². The molecule has 140 valence electrons. The van der Waals surface area contributed by atoms with Crippen LogP contribution in [0, 0.1) is 11.8 Å². The highest BCUT2D eigenvalue weighted by atomic mass is 35.5. The van der Waals surface area contributed by atoms with E-state index in [4.69, 9.17) is 23.2 Å². The summed E-state index contributed by atoms with van der Waals surface area (Å²) in [7, 11) is 4.12.